The minimum Gasteiger partial charge on any atom is -0.457 e. The number of hydrogen-bond donors (Lipinski definition) is 1. The van der Waals surface area contributed by atoms with Gasteiger partial charge in [-0.2, -0.15) is 0 Å². The predicted octanol–water partition coefficient (Wildman–Crippen LogP) is 13.3. The van der Waals surface area contributed by atoms with Gasteiger partial charge in [-0.25, -0.2) is 0 Å². The van der Waals surface area contributed by atoms with Crippen molar-refractivity contribution in [1.82, 2.24) is 0 Å². The smallest absolute Gasteiger partial charge is 0.306 e. The van der Waals surface area contributed by atoms with E-state index in [0.29, 0.717) is 13.0 Å². The Morgan fingerprint density at radius 2 is 0.875 bits per heavy atom. The highest BCUT2D eigenvalue weighted by molar-refractivity contribution is 5.69. The second-order valence-corrected chi connectivity index (χ2v) is 13.3. The number of carbonyl (C=O) groups is 1. The third kappa shape index (κ3) is 38.5. The zero-order valence-electron chi connectivity index (χ0n) is 31.7. The largest absolute Gasteiger partial charge is 0.457 e. The summed E-state index contributed by atoms with van der Waals surface area (Å²) >= 11 is 0. The molecule has 0 heterocycles. The van der Waals surface area contributed by atoms with Gasteiger partial charge in [0.25, 0.3) is 0 Å². The molecule has 0 aromatic rings. The van der Waals surface area contributed by atoms with E-state index in [9.17, 15) is 9.90 Å². The van der Waals surface area contributed by atoms with E-state index < -0.39 is 6.10 Å². The van der Waals surface area contributed by atoms with E-state index in [1.165, 1.54) is 109 Å². The van der Waals surface area contributed by atoms with Gasteiger partial charge < -0.3 is 14.6 Å². The molecule has 0 fully saturated rings. The molecule has 0 bridgehead atoms. The molecule has 0 aromatic heterocycles. The fourth-order valence-corrected chi connectivity index (χ4v) is 5.48. The molecule has 48 heavy (non-hydrogen) atoms. The van der Waals surface area contributed by atoms with Gasteiger partial charge in [-0.1, -0.05) is 158 Å². The summed E-state index contributed by atoms with van der Waals surface area (Å²) in [7, 11) is 0. The zero-order chi connectivity index (χ0) is 34.9. The van der Waals surface area contributed by atoms with Crippen molar-refractivity contribution in [1.29, 1.82) is 0 Å². The fraction of sp³-hybridized carbons (Fsp3) is 0.750. The Hall–Kier alpha value is -1.91. The third-order valence-electron chi connectivity index (χ3n) is 8.57. The summed E-state index contributed by atoms with van der Waals surface area (Å²) in [5.74, 6) is -0.219. The number of ether oxygens (including phenoxy) is 2. The van der Waals surface area contributed by atoms with Crippen LogP contribution >= 0.6 is 0 Å². The van der Waals surface area contributed by atoms with E-state index in [4.69, 9.17) is 9.47 Å². The number of esters is 1. The molecule has 1 N–H and O–H groups in total. The number of carbonyl (C=O) groups excluding carboxylic acids is 1. The van der Waals surface area contributed by atoms with Gasteiger partial charge in [0.1, 0.15) is 6.10 Å². The lowest BCUT2D eigenvalue weighted by molar-refractivity contribution is -0.154. The van der Waals surface area contributed by atoms with Crippen molar-refractivity contribution in [2.75, 3.05) is 19.8 Å². The van der Waals surface area contributed by atoms with Gasteiger partial charge in [0, 0.05) is 13.0 Å². The highest BCUT2D eigenvalue weighted by Gasteiger charge is 2.13. The van der Waals surface area contributed by atoms with Crippen molar-refractivity contribution in [3.63, 3.8) is 0 Å². The Labute approximate surface area is 298 Å². The SMILES string of the molecule is CCCCC/C=C\C/C=C\C/C=C\CCCCCCCCC(=O)OC(CO)COCCCCCCCC/C=C\C/C=C\CCCCCC. The van der Waals surface area contributed by atoms with Crippen LogP contribution in [-0.2, 0) is 14.3 Å². The molecule has 0 rings (SSSR count). The average molecular weight is 671 g/mol. The van der Waals surface area contributed by atoms with Gasteiger partial charge in [0.15, 0.2) is 0 Å². The molecular weight excluding hydrogens is 592 g/mol. The van der Waals surface area contributed by atoms with Gasteiger partial charge in [-0.05, 0) is 83.5 Å². The fourth-order valence-electron chi connectivity index (χ4n) is 5.48. The molecule has 278 valence electrons. The monoisotopic (exact) mass is 671 g/mol. The Morgan fingerprint density at radius 1 is 0.500 bits per heavy atom. The van der Waals surface area contributed by atoms with Crippen molar-refractivity contribution in [3.05, 3.63) is 60.8 Å². The zero-order valence-corrected chi connectivity index (χ0v) is 31.7. The first-order valence-corrected chi connectivity index (χ1v) is 20.4. The molecule has 0 aliphatic rings. The Kier molecular flexibility index (Phi) is 39.6. The number of unbranched alkanes of at least 4 members (excludes halogenated alkanes) is 19. The molecule has 0 aromatic carbocycles. The molecule has 0 amide bonds. The minimum absolute atomic E-state index is 0.184. The molecule has 4 nitrogen and oxygen atoms in total. The van der Waals surface area contributed by atoms with Gasteiger partial charge >= 0.3 is 5.97 Å². The first-order chi connectivity index (χ1) is 23.7. The minimum atomic E-state index is -0.549. The quantitative estimate of drug-likeness (QED) is 0.0406. The van der Waals surface area contributed by atoms with Crippen molar-refractivity contribution in [3.8, 4) is 0 Å². The summed E-state index contributed by atoms with van der Waals surface area (Å²) in [4.78, 5) is 12.2. The van der Waals surface area contributed by atoms with Crippen LogP contribution in [0.25, 0.3) is 0 Å². The molecule has 4 heteroatoms. The second kappa shape index (κ2) is 41.3. The van der Waals surface area contributed by atoms with Crippen LogP contribution in [0.4, 0.5) is 0 Å². The Balaban J connectivity index is 3.51. The Morgan fingerprint density at radius 3 is 1.35 bits per heavy atom. The van der Waals surface area contributed by atoms with E-state index in [1.54, 1.807) is 0 Å². The van der Waals surface area contributed by atoms with E-state index >= 15 is 0 Å². The average Bonchev–Trinajstić information content (AvgIpc) is 3.09. The van der Waals surface area contributed by atoms with Gasteiger partial charge in [0.2, 0.25) is 0 Å². The van der Waals surface area contributed by atoms with Crippen molar-refractivity contribution in [2.24, 2.45) is 0 Å². The lowest BCUT2D eigenvalue weighted by Crippen LogP contribution is -2.27. The van der Waals surface area contributed by atoms with Gasteiger partial charge in [-0.15, -0.1) is 0 Å². The maximum atomic E-state index is 12.2. The van der Waals surface area contributed by atoms with E-state index in [2.05, 4.69) is 74.6 Å². The second-order valence-electron chi connectivity index (χ2n) is 13.3. The number of rotatable bonds is 37. The van der Waals surface area contributed by atoms with Crippen molar-refractivity contribution in [2.45, 2.75) is 193 Å². The standard InChI is InChI=1S/C44H78O4/c1-3-5-7-9-11-13-15-17-19-21-22-23-25-27-29-31-33-35-37-39-44(46)48-43(41-45)42-47-40-38-36-34-32-30-28-26-24-20-18-16-14-12-10-8-6-4-2/h11,13-14,16-17,19-20,22-24,43,45H,3-10,12,15,18,21,25-42H2,1-2H3/b13-11-,16-14-,19-17-,23-22-,24-20-. The van der Waals surface area contributed by atoms with Crippen molar-refractivity contribution < 1.29 is 19.4 Å². The summed E-state index contributed by atoms with van der Waals surface area (Å²) in [6.45, 7) is 5.26. The van der Waals surface area contributed by atoms with Crippen LogP contribution in [0.3, 0.4) is 0 Å². The molecule has 0 aliphatic heterocycles. The summed E-state index contributed by atoms with van der Waals surface area (Å²) < 4.78 is 11.1. The first kappa shape index (κ1) is 46.1. The molecule has 0 aliphatic carbocycles. The van der Waals surface area contributed by atoms with Crippen LogP contribution in [-0.4, -0.2) is 37.0 Å². The molecular formula is C44H78O4. The normalized spacial score (nSPS) is 13.0. The van der Waals surface area contributed by atoms with Crippen LogP contribution < -0.4 is 0 Å². The van der Waals surface area contributed by atoms with Crippen LogP contribution in [0.1, 0.15) is 187 Å². The van der Waals surface area contributed by atoms with Crippen LogP contribution in [0, 0.1) is 0 Å². The molecule has 1 unspecified atom stereocenters. The van der Waals surface area contributed by atoms with Gasteiger partial charge in [-0.3, -0.25) is 4.79 Å². The number of hydrogen-bond acceptors (Lipinski definition) is 4. The highest BCUT2D eigenvalue weighted by Crippen LogP contribution is 2.11. The number of aliphatic hydroxyl groups excluding tert-OH is 1. The molecule has 0 saturated carbocycles. The van der Waals surface area contributed by atoms with E-state index in [0.717, 1.165) is 57.8 Å². The molecule has 0 radical (unpaired) electrons. The topological polar surface area (TPSA) is 55.8 Å². The number of aliphatic hydroxyl groups is 1. The van der Waals surface area contributed by atoms with E-state index in [-0.39, 0.29) is 19.2 Å². The van der Waals surface area contributed by atoms with Crippen LogP contribution in [0.15, 0.2) is 60.8 Å². The summed E-state index contributed by atoms with van der Waals surface area (Å²) in [6, 6.07) is 0. The van der Waals surface area contributed by atoms with Crippen molar-refractivity contribution >= 4 is 5.97 Å². The summed E-state index contributed by atoms with van der Waals surface area (Å²) in [6.07, 6.45) is 54.1. The lowest BCUT2D eigenvalue weighted by atomic mass is 10.1. The summed E-state index contributed by atoms with van der Waals surface area (Å²) in [5.41, 5.74) is 0. The molecule has 0 saturated heterocycles. The maximum Gasteiger partial charge on any atom is 0.306 e. The first-order valence-electron chi connectivity index (χ1n) is 20.4. The Bertz CT molecular complexity index is 794. The predicted molar refractivity (Wildman–Crippen MR) is 209 cm³/mol. The third-order valence-corrected chi connectivity index (χ3v) is 8.57. The lowest BCUT2D eigenvalue weighted by Gasteiger charge is -2.15. The highest BCUT2D eigenvalue weighted by atomic mass is 16.6. The van der Waals surface area contributed by atoms with E-state index in [1.807, 2.05) is 0 Å². The van der Waals surface area contributed by atoms with Crippen LogP contribution in [0.2, 0.25) is 0 Å². The number of allylic oxidation sites excluding steroid dienone is 10. The van der Waals surface area contributed by atoms with Crippen LogP contribution in [0.5, 0.6) is 0 Å². The van der Waals surface area contributed by atoms with Gasteiger partial charge in [0.05, 0.1) is 13.2 Å². The molecule has 1 atom stereocenters. The molecule has 0 spiro atoms. The maximum absolute atomic E-state index is 12.2. The summed E-state index contributed by atoms with van der Waals surface area (Å²) in [5, 5.41) is 9.58.